The molecule has 18 heavy (non-hydrogen) atoms. The van der Waals surface area contributed by atoms with Crippen LogP contribution >= 0.6 is 11.6 Å². The molecule has 1 aliphatic rings. The highest BCUT2D eigenvalue weighted by atomic mass is 35.5. The van der Waals surface area contributed by atoms with E-state index in [-0.39, 0.29) is 0 Å². The van der Waals surface area contributed by atoms with Gasteiger partial charge in [0.05, 0.1) is 0 Å². The number of hydrogen-bond donors (Lipinski definition) is 1. The summed E-state index contributed by atoms with van der Waals surface area (Å²) >= 11 is 6.05. The Morgan fingerprint density at radius 2 is 1.94 bits per heavy atom. The highest BCUT2D eigenvalue weighted by Crippen LogP contribution is 2.51. The Balaban J connectivity index is 1.86. The van der Waals surface area contributed by atoms with Crippen LogP contribution in [0.4, 0.5) is 5.82 Å². The molecule has 0 bridgehead atoms. The van der Waals surface area contributed by atoms with Crippen molar-refractivity contribution in [3.8, 4) is 0 Å². The smallest absolute Gasteiger partial charge is 0.159 e. The predicted octanol–water partition coefficient (Wildman–Crippen LogP) is 3.74. The van der Waals surface area contributed by atoms with E-state index in [0.717, 1.165) is 29.1 Å². The Morgan fingerprint density at radius 3 is 2.61 bits per heavy atom. The average molecular weight is 262 g/mol. The molecule has 2 aromatic rings. The van der Waals surface area contributed by atoms with Crippen LogP contribution in [0.3, 0.4) is 0 Å². The molecule has 1 atom stereocenters. The molecule has 1 unspecified atom stereocenters. The summed E-state index contributed by atoms with van der Waals surface area (Å²) in [5.41, 5.74) is 0.475. The molecule has 0 aliphatic heterocycles. The summed E-state index contributed by atoms with van der Waals surface area (Å²) in [4.78, 5) is 0. The third-order valence-corrected chi connectivity index (χ3v) is 4.15. The lowest BCUT2D eigenvalue weighted by molar-refractivity contribution is 0.573. The van der Waals surface area contributed by atoms with Gasteiger partial charge in [0.25, 0.3) is 0 Å². The molecular formula is C14H16ClN3. The van der Waals surface area contributed by atoms with Gasteiger partial charge >= 0.3 is 0 Å². The van der Waals surface area contributed by atoms with Crippen molar-refractivity contribution in [1.29, 1.82) is 0 Å². The monoisotopic (exact) mass is 261 g/mol. The normalized spacial score (nSPS) is 20.9. The number of rotatable bonds is 3. The average Bonchev–Trinajstić information content (AvgIpc) is 2.97. The van der Waals surface area contributed by atoms with Gasteiger partial charge in [-0.2, -0.15) is 0 Å². The van der Waals surface area contributed by atoms with Crippen LogP contribution in [0, 0.1) is 11.3 Å². The van der Waals surface area contributed by atoms with Crippen molar-refractivity contribution in [3.05, 3.63) is 29.4 Å². The van der Waals surface area contributed by atoms with Gasteiger partial charge in [0, 0.05) is 17.3 Å². The van der Waals surface area contributed by atoms with Crippen LogP contribution in [-0.4, -0.2) is 16.7 Å². The lowest BCUT2D eigenvalue weighted by atomic mass is 10.1. The molecule has 0 amide bonds. The van der Waals surface area contributed by atoms with Gasteiger partial charge < -0.3 is 5.32 Å². The van der Waals surface area contributed by atoms with E-state index in [4.69, 9.17) is 11.6 Å². The molecule has 1 aromatic carbocycles. The third kappa shape index (κ3) is 2.03. The minimum Gasteiger partial charge on any atom is -0.368 e. The molecule has 0 radical (unpaired) electrons. The SMILES string of the molecule is CC1(C)CC1CNc1nnc(Cl)c2ccccc12. The Hall–Kier alpha value is -1.35. The van der Waals surface area contributed by atoms with Crippen LogP contribution in [0.1, 0.15) is 20.3 Å². The number of benzene rings is 1. The molecule has 0 saturated heterocycles. The summed E-state index contributed by atoms with van der Waals surface area (Å²) in [5, 5.41) is 14.0. The van der Waals surface area contributed by atoms with Gasteiger partial charge in [0.2, 0.25) is 0 Å². The fourth-order valence-electron chi connectivity index (χ4n) is 2.35. The largest absolute Gasteiger partial charge is 0.368 e. The lowest BCUT2D eigenvalue weighted by Gasteiger charge is -2.09. The van der Waals surface area contributed by atoms with Crippen molar-refractivity contribution in [1.82, 2.24) is 10.2 Å². The number of nitrogens with zero attached hydrogens (tertiary/aromatic N) is 2. The number of halogens is 1. The maximum Gasteiger partial charge on any atom is 0.159 e. The molecule has 1 aromatic heterocycles. The molecule has 94 valence electrons. The van der Waals surface area contributed by atoms with Gasteiger partial charge in [-0.1, -0.05) is 49.7 Å². The standard InChI is InChI=1S/C14H16ClN3/c1-14(2)7-9(14)8-16-13-11-6-4-3-5-10(11)12(15)17-18-13/h3-6,9H,7-8H2,1-2H3,(H,16,18). The molecule has 1 heterocycles. The van der Waals surface area contributed by atoms with E-state index in [1.54, 1.807) is 0 Å². The summed E-state index contributed by atoms with van der Waals surface area (Å²) in [7, 11) is 0. The minimum atomic E-state index is 0.461. The van der Waals surface area contributed by atoms with Crippen molar-refractivity contribution in [2.75, 3.05) is 11.9 Å². The first-order chi connectivity index (χ1) is 8.58. The first kappa shape index (κ1) is 11.7. The number of hydrogen-bond acceptors (Lipinski definition) is 3. The molecule has 3 rings (SSSR count). The maximum atomic E-state index is 6.05. The fraction of sp³-hybridized carbons (Fsp3) is 0.429. The Kier molecular flexibility index (Phi) is 2.67. The molecule has 1 saturated carbocycles. The second-order valence-corrected chi connectivity index (χ2v) is 6.01. The Labute approximate surface area is 112 Å². The third-order valence-electron chi connectivity index (χ3n) is 3.88. The van der Waals surface area contributed by atoms with E-state index >= 15 is 0 Å². The van der Waals surface area contributed by atoms with E-state index < -0.39 is 0 Å². The zero-order valence-corrected chi connectivity index (χ0v) is 11.3. The molecule has 4 heteroatoms. The van der Waals surface area contributed by atoms with Gasteiger partial charge in [-0.25, -0.2) is 0 Å². The second kappa shape index (κ2) is 4.09. The number of anilines is 1. The summed E-state index contributed by atoms with van der Waals surface area (Å²) in [6.45, 7) is 5.54. The van der Waals surface area contributed by atoms with Crippen LogP contribution < -0.4 is 5.32 Å². The summed E-state index contributed by atoms with van der Waals surface area (Å²) in [6, 6.07) is 7.95. The number of aromatic nitrogens is 2. The fourth-order valence-corrected chi connectivity index (χ4v) is 2.55. The molecule has 0 spiro atoms. The highest BCUT2D eigenvalue weighted by Gasteiger charge is 2.45. The van der Waals surface area contributed by atoms with Gasteiger partial charge in [-0.3, -0.25) is 0 Å². The first-order valence-corrected chi connectivity index (χ1v) is 6.60. The molecule has 3 nitrogen and oxygen atoms in total. The minimum absolute atomic E-state index is 0.461. The van der Waals surface area contributed by atoms with Gasteiger partial charge in [0.15, 0.2) is 11.0 Å². The van der Waals surface area contributed by atoms with Crippen LogP contribution in [0.15, 0.2) is 24.3 Å². The van der Waals surface area contributed by atoms with Crippen molar-refractivity contribution < 1.29 is 0 Å². The molecule has 1 fully saturated rings. The summed E-state index contributed by atoms with van der Waals surface area (Å²) < 4.78 is 0. The molecule has 1 N–H and O–H groups in total. The van der Waals surface area contributed by atoms with E-state index in [1.807, 2.05) is 24.3 Å². The zero-order valence-electron chi connectivity index (χ0n) is 10.6. The van der Waals surface area contributed by atoms with Crippen LogP contribution in [0.5, 0.6) is 0 Å². The zero-order chi connectivity index (χ0) is 12.8. The van der Waals surface area contributed by atoms with Crippen molar-refractivity contribution in [2.24, 2.45) is 11.3 Å². The Bertz CT molecular complexity index is 595. The lowest BCUT2D eigenvalue weighted by Crippen LogP contribution is -2.09. The molecule has 1 aliphatic carbocycles. The quantitative estimate of drug-likeness (QED) is 0.915. The van der Waals surface area contributed by atoms with Crippen molar-refractivity contribution in [2.45, 2.75) is 20.3 Å². The highest BCUT2D eigenvalue weighted by molar-refractivity contribution is 6.34. The van der Waals surface area contributed by atoms with Crippen LogP contribution in [0.2, 0.25) is 5.15 Å². The van der Waals surface area contributed by atoms with Gasteiger partial charge in [-0.05, 0) is 17.8 Å². The number of nitrogens with one attached hydrogen (secondary N) is 1. The Morgan fingerprint density at radius 1 is 1.28 bits per heavy atom. The number of fused-ring (bicyclic) bond motifs is 1. The van der Waals surface area contributed by atoms with Gasteiger partial charge in [0.1, 0.15) is 0 Å². The topological polar surface area (TPSA) is 37.8 Å². The van der Waals surface area contributed by atoms with Crippen molar-refractivity contribution >= 4 is 28.2 Å². The van der Waals surface area contributed by atoms with E-state index in [9.17, 15) is 0 Å². The van der Waals surface area contributed by atoms with Crippen LogP contribution in [0.25, 0.3) is 10.8 Å². The molecular weight excluding hydrogens is 246 g/mol. The maximum absolute atomic E-state index is 6.05. The van der Waals surface area contributed by atoms with E-state index in [0.29, 0.717) is 10.6 Å². The van der Waals surface area contributed by atoms with E-state index in [2.05, 4.69) is 29.4 Å². The first-order valence-electron chi connectivity index (χ1n) is 6.23. The van der Waals surface area contributed by atoms with Gasteiger partial charge in [-0.15, -0.1) is 10.2 Å². The predicted molar refractivity (Wildman–Crippen MR) is 74.9 cm³/mol. The van der Waals surface area contributed by atoms with E-state index in [1.165, 1.54) is 6.42 Å². The second-order valence-electron chi connectivity index (χ2n) is 5.66. The summed E-state index contributed by atoms with van der Waals surface area (Å²) in [6.07, 6.45) is 1.28. The van der Waals surface area contributed by atoms with Crippen LogP contribution in [-0.2, 0) is 0 Å². The van der Waals surface area contributed by atoms with Crippen molar-refractivity contribution in [3.63, 3.8) is 0 Å². The summed E-state index contributed by atoms with van der Waals surface area (Å²) in [5.74, 6) is 1.56.